The molecule has 4 heteroatoms. The largest absolute Gasteiger partial charge is 0.330 e. The van der Waals surface area contributed by atoms with Crippen LogP contribution < -0.4 is 5.73 Å². The van der Waals surface area contributed by atoms with Gasteiger partial charge in [-0.15, -0.1) is 0 Å². The van der Waals surface area contributed by atoms with Gasteiger partial charge < -0.3 is 5.73 Å². The van der Waals surface area contributed by atoms with Crippen LogP contribution in [0.4, 0.5) is 0 Å². The Morgan fingerprint density at radius 2 is 2.11 bits per heavy atom. The van der Waals surface area contributed by atoms with E-state index < -0.39 is 10.8 Å². The highest BCUT2D eigenvalue weighted by atomic mass is 35.5. The molecule has 2 nitrogen and oxygen atoms in total. The summed E-state index contributed by atoms with van der Waals surface area (Å²) in [5.41, 5.74) is 6.82. The number of nitrogens with two attached hydrogens (primary N) is 1. The summed E-state index contributed by atoms with van der Waals surface area (Å²) in [5, 5.41) is 0.939. The molecule has 1 saturated carbocycles. The van der Waals surface area contributed by atoms with Gasteiger partial charge in [-0.25, -0.2) is 0 Å². The van der Waals surface area contributed by atoms with Gasteiger partial charge in [-0.3, -0.25) is 4.21 Å². The van der Waals surface area contributed by atoms with Crippen molar-refractivity contribution in [3.63, 3.8) is 0 Å². The summed E-state index contributed by atoms with van der Waals surface area (Å²) in [6.07, 6.45) is 3.34. The maximum atomic E-state index is 12.6. The van der Waals surface area contributed by atoms with Crippen LogP contribution in [0.5, 0.6) is 0 Å². The van der Waals surface area contributed by atoms with E-state index in [4.69, 9.17) is 17.3 Å². The second-order valence-electron chi connectivity index (χ2n) is 5.57. The molecule has 4 unspecified atom stereocenters. The molecule has 106 valence electrons. The molecular weight excluding hydrogens is 278 g/mol. The number of halogens is 1. The van der Waals surface area contributed by atoms with Gasteiger partial charge in [-0.2, -0.15) is 0 Å². The fraction of sp³-hybridized carbons (Fsp3) is 0.600. The normalized spacial score (nSPS) is 29.1. The molecule has 0 heterocycles. The van der Waals surface area contributed by atoms with Gasteiger partial charge in [0.1, 0.15) is 0 Å². The second kappa shape index (κ2) is 6.87. The lowest BCUT2D eigenvalue weighted by Gasteiger charge is -2.33. The molecule has 0 aliphatic heterocycles. The van der Waals surface area contributed by atoms with Gasteiger partial charge in [0.15, 0.2) is 0 Å². The molecule has 0 aromatic heterocycles. The first kappa shape index (κ1) is 15.0. The van der Waals surface area contributed by atoms with Crippen LogP contribution in [0.2, 0.25) is 5.02 Å². The fourth-order valence-corrected chi connectivity index (χ4v) is 5.13. The maximum Gasteiger partial charge on any atom is 0.0503 e. The van der Waals surface area contributed by atoms with E-state index in [0.29, 0.717) is 29.2 Å². The lowest BCUT2D eigenvalue weighted by molar-refractivity contribution is 0.302. The van der Waals surface area contributed by atoms with Crippen LogP contribution >= 0.6 is 11.6 Å². The molecule has 19 heavy (non-hydrogen) atoms. The molecular formula is C15H22ClNOS. The van der Waals surface area contributed by atoms with Gasteiger partial charge in [0, 0.05) is 21.1 Å². The quantitative estimate of drug-likeness (QED) is 0.926. The first-order valence-electron chi connectivity index (χ1n) is 6.92. The van der Waals surface area contributed by atoms with E-state index in [9.17, 15) is 4.21 Å². The Morgan fingerprint density at radius 1 is 1.37 bits per heavy atom. The minimum absolute atomic E-state index is 0.227. The molecule has 1 aromatic carbocycles. The number of benzene rings is 1. The number of rotatable bonds is 4. The van der Waals surface area contributed by atoms with E-state index >= 15 is 0 Å². The predicted molar refractivity (Wildman–Crippen MR) is 82.6 cm³/mol. The fourth-order valence-electron chi connectivity index (χ4n) is 2.86. The van der Waals surface area contributed by atoms with Crippen molar-refractivity contribution in [1.82, 2.24) is 0 Å². The number of hydrogen-bond acceptors (Lipinski definition) is 2. The summed E-state index contributed by atoms with van der Waals surface area (Å²) in [5.74, 6) is 1.61. The third-order valence-corrected chi connectivity index (χ3v) is 6.30. The number of hydrogen-bond donors (Lipinski definition) is 1. The third-order valence-electron chi connectivity index (χ3n) is 4.09. The average Bonchev–Trinajstić information content (AvgIpc) is 2.41. The van der Waals surface area contributed by atoms with Crippen LogP contribution in [0.1, 0.15) is 31.7 Å². The Labute approximate surface area is 123 Å². The molecule has 1 aliphatic carbocycles. The summed E-state index contributed by atoms with van der Waals surface area (Å²) < 4.78 is 12.6. The van der Waals surface area contributed by atoms with E-state index in [2.05, 4.69) is 6.92 Å². The Kier molecular flexibility index (Phi) is 5.43. The minimum atomic E-state index is -0.883. The van der Waals surface area contributed by atoms with Crippen LogP contribution in [0.3, 0.4) is 0 Å². The summed E-state index contributed by atoms with van der Waals surface area (Å²) in [4.78, 5) is 0. The minimum Gasteiger partial charge on any atom is -0.330 e. The topological polar surface area (TPSA) is 43.1 Å². The summed E-state index contributed by atoms with van der Waals surface area (Å²) >= 11 is 6.15. The van der Waals surface area contributed by atoms with E-state index in [1.165, 1.54) is 6.42 Å². The highest BCUT2D eigenvalue weighted by Gasteiger charge is 2.32. The third kappa shape index (κ3) is 3.80. The Bertz CT molecular complexity index is 452. The molecule has 4 atom stereocenters. The van der Waals surface area contributed by atoms with Crippen LogP contribution in [0.15, 0.2) is 24.3 Å². The maximum absolute atomic E-state index is 12.6. The van der Waals surface area contributed by atoms with Crippen LogP contribution in [-0.2, 0) is 16.6 Å². The molecule has 2 N–H and O–H groups in total. The van der Waals surface area contributed by atoms with Crippen LogP contribution in [0.25, 0.3) is 0 Å². The average molecular weight is 300 g/mol. The Morgan fingerprint density at radius 3 is 2.79 bits per heavy atom. The van der Waals surface area contributed by atoms with Crippen molar-refractivity contribution in [3.8, 4) is 0 Å². The zero-order valence-electron chi connectivity index (χ0n) is 11.3. The van der Waals surface area contributed by atoms with Crippen molar-refractivity contribution < 1.29 is 4.21 Å². The molecule has 0 amide bonds. The summed E-state index contributed by atoms with van der Waals surface area (Å²) in [7, 11) is -0.883. The van der Waals surface area contributed by atoms with E-state index in [-0.39, 0.29) is 5.25 Å². The van der Waals surface area contributed by atoms with Gasteiger partial charge in [0.25, 0.3) is 0 Å². The zero-order valence-corrected chi connectivity index (χ0v) is 12.9. The molecule has 0 saturated heterocycles. The standard InChI is InChI=1S/C15H22ClNOS/c1-11-6-7-12(9-17)15(8-11)19(18)10-13-4-2-3-5-14(13)16/h2-5,11-12,15H,6-10,17H2,1H3. The van der Waals surface area contributed by atoms with E-state index in [1.54, 1.807) is 0 Å². The van der Waals surface area contributed by atoms with Crippen molar-refractivity contribution in [3.05, 3.63) is 34.9 Å². The Balaban J connectivity index is 2.07. The van der Waals surface area contributed by atoms with Crippen LogP contribution in [0, 0.1) is 11.8 Å². The molecule has 2 rings (SSSR count). The predicted octanol–water partition coefficient (Wildman–Crippen LogP) is 3.35. The zero-order chi connectivity index (χ0) is 13.8. The van der Waals surface area contributed by atoms with E-state index in [1.807, 2.05) is 24.3 Å². The monoisotopic (exact) mass is 299 g/mol. The van der Waals surface area contributed by atoms with Gasteiger partial charge in [0.2, 0.25) is 0 Å². The van der Waals surface area contributed by atoms with E-state index in [0.717, 1.165) is 18.4 Å². The molecule has 0 spiro atoms. The molecule has 1 fully saturated rings. The summed E-state index contributed by atoms with van der Waals surface area (Å²) in [6.45, 7) is 2.89. The van der Waals surface area contributed by atoms with Crippen molar-refractivity contribution in [2.24, 2.45) is 17.6 Å². The van der Waals surface area contributed by atoms with Crippen molar-refractivity contribution in [2.45, 2.75) is 37.2 Å². The van der Waals surface area contributed by atoms with Gasteiger partial charge in [-0.05, 0) is 42.9 Å². The van der Waals surface area contributed by atoms with Gasteiger partial charge in [0.05, 0.1) is 5.75 Å². The van der Waals surface area contributed by atoms with Crippen molar-refractivity contribution >= 4 is 22.4 Å². The van der Waals surface area contributed by atoms with Gasteiger partial charge >= 0.3 is 0 Å². The molecule has 1 aromatic rings. The van der Waals surface area contributed by atoms with Crippen molar-refractivity contribution in [1.29, 1.82) is 0 Å². The molecule has 1 aliphatic rings. The SMILES string of the molecule is CC1CCC(CN)C(S(=O)Cc2ccccc2Cl)C1. The highest BCUT2D eigenvalue weighted by Crippen LogP contribution is 2.33. The smallest absolute Gasteiger partial charge is 0.0503 e. The first-order chi connectivity index (χ1) is 9.11. The molecule has 0 radical (unpaired) electrons. The lowest BCUT2D eigenvalue weighted by atomic mass is 9.82. The first-order valence-corrected chi connectivity index (χ1v) is 8.68. The highest BCUT2D eigenvalue weighted by molar-refractivity contribution is 7.84. The second-order valence-corrected chi connectivity index (χ2v) is 7.63. The lowest BCUT2D eigenvalue weighted by Crippen LogP contribution is -2.37. The van der Waals surface area contributed by atoms with Crippen molar-refractivity contribution in [2.75, 3.05) is 6.54 Å². The molecule has 0 bridgehead atoms. The van der Waals surface area contributed by atoms with Crippen LogP contribution in [-0.4, -0.2) is 16.0 Å². The summed E-state index contributed by atoms with van der Waals surface area (Å²) in [6, 6.07) is 7.67. The Hall–Kier alpha value is -0.380. The van der Waals surface area contributed by atoms with Gasteiger partial charge in [-0.1, -0.05) is 43.1 Å².